The van der Waals surface area contributed by atoms with Crippen molar-refractivity contribution in [1.82, 2.24) is 0 Å². The number of rotatable bonds is 3. The third-order valence-corrected chi connectivity index (χ3v) is 1.96. The van der Waals surface area contributed by atoms with Crippen molar-refractivity contribution in [3.05, 3.63) is 29.0 Å². The summed E-state index contributed by atoms with van der Waals surface area (Å²) in [5, 5.41) is 2.39. The summed E-state index contributed by atoms with van der Waals surface area (Å²) in [7, 11) is 0. The SMILES string of the molecule is Fc1cc(NCCC(F)(F)F)ccc1Cl. The molecule has 0 atom stereocenters. The molecule has 0 saturated carbocycles. The summed E-state index contributed by atoms with van der Waals surface area (Å²) < 4.78 is 48.1. The van der Waals surface area contributed by atoms with Crippen LogP contribution in [-0.4, -0.2) is 12.7 Å². The molecule has 1 nitrogen and oxygen atoms in total. The molecule has 0 saturated heterocycles. The maximum Gasteiger partial charge on any atom is 0.390 e. The van der Waals surface area contributed by atoms with Crippen molar-refractivity contribution in [2.45, 2.75) is 12.6 Å². The third-order valence-electron chi connectivity index (χ3n) is 1.66. The predicted octanol–water partition coefficient (Wildman–Crippen LogP) is 3.84. The Morgan fingerprint density at radius 2 is 1.93 bits per heavy atom. The Bertz CT molecular complexity index is 337. The second-order valence-corrected chi connectivity index (χ2v) is 3.33. The van der Waals surface area contributed by atoms with E-state index in [2.05, 4.69) is 5.32 Å². The molecule has 0 aliphatic heterocycles. The summed E-state index contributed by atoms with van der Waals surface area (Å²) in [6, 6.07) is 3.76. The standard InChI is InChI=1S/C9H8ClF4N/c10-7-2-1-6(5-8(7)11)15-4-3-9(12,13)14/h1-2,5,15H,3-4H2. The number of anilines is 1. The fraction of sp³-hybridized carbons (Fsp3) is 0.333. The first-order chi connectivity index (χ1) is 6.88. The Labute approximate surface area is 89.0 Å². The van der Waals surface area contributed by atoms with Crippen molar-refractivity contribution >= 4 is 17.3 Å². The molecule has 15 heavy (non-hydrogen) atoms. The zero-order valence-corrected chi connectivity index (χ0v) is 8.29. The largest absolute Gasteiger partial charge is 0.390 e. The third kappa shape index (κ3) is 4.38. The van der Waals surface area contributed by atoms with E-state index < -0.39 is 18.4 Å². The van der Waals surface area contributed by atoms with E-state index in [1.165, 1.54) is 12.1 Å². The molecule has 6 heteroatoms. The van der Waals surface area contributed by atoms with Gasteiger partial charge < -0.3 is 5.32 Å². The first-order valence-corrected chi connectivity index (χ1v) is 4.52. The molecule has 1 N–H and O–H groups in total. The molecule has 0 aromatic heterocycles. The van der Waals surface area contributed by atoms with Crippen molar-refractivity contribution in [3.8, 4) is 0 Å². The fourth-order valence-electron chi connectivity index (χ4n) is 0.955. The van der Waals surface area contributed by atoms with Crippen molar-refractivity contribution < 1.29 is 17.6 Å². The maximum atomic E-state index is 12.8. The van der Waals surface area contributed by atoms with Gasteiger partial charge in [0.25, 0.3) is 0 Å². The molecular formula is C9H8ClF4N. The van der Waals surface area contributed by atoms with Crippen LogP contribution >= 0.6 is 11.6 Å². The van der Waals surface area contributed by atoms with Gasteiger partial charge in [0.15, 0.2) is 0 Å². The summed E-state index contributed by atoms with van der Waals surface area (Å²) >= 11 is 5.40. The molecule has 0 bridgehead atoms. The number of hydrogen-bond donors (Lipinski definition) is 1. The van der Waals surface area contributed by atoms with Gasteiger partial charge in [0.05, 0.1) is 11.4 Å². The van der Waals surface area contributed by atoms with Gasteiger partial charge in [0.1, 0.15) is 5.82 Å². The molecule has 0 unspecified atom stereocenters. The van der Waals surface area contributed by atoms with E-state index in [1.54, 1.807) is 0 Å². The van der Waals surface area contributed by atoms with Crippen molar-refractivity contribution in [2.75, 3.05) is 11.9 Å². The van der Waals surface area contributed by atoms with Gasteiger partial charge in [0, 0.05) is 12.2 Å². The summed E-state index contributed by atoms with van der Waals surface area (Å²) in [5.74, 6) is -0.659. The van der Waals surface area contributed by atoms with Crippen LogP contribution in [0.2, 0.25) is 5.02 Å². The molecule has 1 rings (SSSR count). The van der Waals surface area contributed by atoms with Crippen LogP contribution in [0.3, 0.4) is 0 Å². The van der Waals surface area contributed by atoms with E-state index in [0.29, 0.717) is 0 Å². The molecule has 0 amide bonds. The molecule has 0 aliphatic rings. The summed E-state index contributed by atoms with van der Waals surface area (Å²) in [4.78, 5) is 0. The van der Waals surface area contributed by atoms with Crippen molar-refractivity contribution in [3.63, 3.8) is 0 Å². The first-order valence-electron chi connectivity index (χ1n) is 4.14. The highest BCUT2D eigenvalue weighted by Gasteiger charge is 2.26. The topological polar surface area (TPSA) is 12.0 Å². The summed E-state index contributed by atoms with van der Waals surface area (Å²) in [5.41, 5.74) is 0.279. The highest BCUT2D eigenvalue weighted by Crippen LogP contribution is 2.21. The highest BCUT2D eigenvalue weighted by atomic mass is 35.5. The van der Waals surface area contributed by atoms with Gasteiger partial charge in [-0.15, -0.1) is 0 Å². The summed E-state index contributed by atoms with van der Waals surface area (Å²) in [6.07, 6.45) is -5.17. The smallest absolute Gasteiger partial charge is 0.385 e. The Morgan fingerprint density at radius 3 is 2.47 bits per heavy atom. The van der Waals surface area contributed by atoms with E-state index in [0.717, 1.165) is 6.07 Å². The lowest BCUT2D eigenvalue weighted by molar-refractivity contribution is -0.131. The minimum atomic E-state index is -4.21. The van der Waals surface area contributed by atoms with Gasteiger partial charge in [-0.05, 0) is 18.2 Å². The average molecular weight is 242 g/mol. The second-order valence-electron chi connectivity index (χ2n) is 2.92. The molecule has 0 radical (unpaired) electrons. The Hall–Kier alpha value is -0.970. The number of hydrogen-bond acceptors (Lipinski definition) is 1. The minimum Gasteiger partial charge on any atom is -0.385 e. The quantitative estimate of drug-likeness (QED) is 0.793. The van der Waals surface area contributed by atoms with Crippen LogP contribution in [0.25, 0.3) is 0 Å². The van der Waals surface area contributed by atoms with Crippen LogP contribution in [0.15, 0.2) is 18.2 Å². The molecular weight excluding hydrogens is 234 g/mol. The number of benzene rings is 1. The fourth-order valence-corrected chi connectivity index (χ4v) is 1.07. The van der Waals surface area contributed by atoms with Crippen molar-refractivity contribution in [2.24, 2.45) is 0 Å². The van der Waals surface area contributed by atoms with Crippen LogP contribution < -0.4 is 5.32 Å². The number of alkyl halides is 3. The van der Waals surface area contributed by atoms with E-state index >= 15 is 0 Å². The zero-order valence-electron chi connectivity index (χ0n) is 7.54. The van der Waals surface area contributed by atoms with E-state index in [4.69, 9.17) is 11.6 Å². The first kappa shape index (κ1) is 12.1. The predicted molar refractivity (Wildman–Crippen MR) is 50.6 cm³/mol. The summed E-state index contributed by atoms with van der Waals surface area (Å²) in [6.45, 7) is -0.287. The molecule has 1 aromatic carbocycles. The van der Waals surface area contributed by atoms with E-state index in [9.17, 15) is 17.6 Å². The van der Waals surface area contributed by atoms with E-state index in [-0.39, 0.29) is 17.3 Å². The molecule has 0 spiro atoms. The Morgan fingerprint density at radius 1 is 1.27 bits per heavy atom. The van der Waals surface area contributed by atoms with Crippen LogP contribution in [-0.2, 0) is 0 Å². The van der Waals surface area contributed by atoms with Crippen LogP contribution in [0.5, 0.6) is 0 Å². The van der Waals surface area contributed by atoms with Gasteiger partial charge in [-0.25, -0.2) is 4.39 Å². The molecule has 1 aromatic rings. The van der Waals surface area contributed by atoms with Crippen molar-refractivity contribution in [1.29, 1.82) is 0 Å². The second kappa shape index (κ2) is 4.70. The van der Waals surface area contributed by atoms with Gasteiger partial charge >= 0.3 is 6.18 Å². The Balaban J connectivity index is 2.48. The molecule has 84 valence electrons. The lowest BCUT2D eigenvalue weighted by Crippen LogP contribution is -2.14. The number of nitrogens with one attached hydrogen (secondary N) is 1. The van der Waals surface area contributed by atoms with E-state index in [1.807, 2.05) is 0 Å². The molecule has 0 heterocycles. The lowest BCUT2D eigenvalue weighted by Gasteiger charge is -2.09. The molecule has 0 fully saturated rings. The average Bonchev–Trinajstić information content (AvgIpc) is 2.09. The number of halogens is 5. The van der Waals surface area contributed by atoms with Gasteiger partial charge in [-0.2, -0.15) is 13.2 Å². The normalized spacial score (nSPS) is 11.5. The van der Waals surface area contributed by atoms with Crippen LogP contribution in [0.1, 0.15) is 6.42 Å². The molecule has 0 aliphatic carbocycles. The van der Waals surface area contributed by atoms with Gasteiger partial charge in [-0.3, -0.25) is 0 Å². The Kier molecular flexibility index (Phi) is 3.79. The monoisotopic (exact) mass is 241 g/mol. The van der Waals surface area contributed by atoms with Crippen LogP contribution in [0, 0.1) is 5.82 Å². The van der Waals surface area contributed by atoms with Gasteiger partial charge in [0.2, 0.25) is 0 Å². The minimum absolute atomic E-state index is 0.0589. The maximum absolute atomic E-state index is 12.8. The lowest BCUT2D eigenvalue weighted by atomic mass is 10.3. The highest BCUT2D eigenvalue weighted by molar-refractivity contribution is 6.30. The van der Waals surface area contributed by atoms with Gasteiger partial charge in [-0.1, -0.05) is 11.6 Å². The van der Waals surface area contributed by atoms with Crippen LogP contribution in [0.4, 0.5) is 23.2 Å². The zero-order chi connectivity index (χ0) is 11.5.